The highest BCUT2D eigenvalue weighted by molar-refractivity contribution is 5.97. The summed E-state index contributed by atoms with van der Waals surface area (Å²) in [7, 11) is 0. The van der Waals surface area contributed by atoms with Gasteiger partial charge >= 0.3 is 6.61 Å². The Labute approximate surface area is 116 Å². The highest BCUT2D eigenvalue weighted by Crippen LogP contribution is 2.24. The second kappa shape index (κ2) is 6.65. The lowest BCUT2D eigenvalue weighted by atomic mass is 9.98. The zero-order chi connectivity index (χ0) is 14.5. The SMILES string of the molecule is O=C(c1ccccc1OC(F)F)N1CCCC(CO)C1. The van der Waals surface area contributed by atoms with Crippen molar-refractivity contribution in [2.75, 3.05) is 19.7 Å². The van der Waals surface area contributed by atoms with E-state index in [0.717, 1.165) is 12.8 Å². The van der Waals surface area contributed by atoms with Crippen LogP contribution < -0.4 is 4.74 Å². The number of carbonyl (C=O) groups excluding carboxylic acids is 1. The van der Waals surface area contributed by atoms with Crippen molar-refractivity contribution in [3.05, 3.63) is 29.8 Å². The minimum absolute atomic E-state index is 0.0267. The lowest BCUT2D eigenvalue weighted by Crippen LogP contribution is -2.41. The Morgan fingerprint density at radius 3 is 2.90 bits per heavy atom. The van der Waals surface area contributed by atoms with Gasteiger partial charge in [0.2, 0.25) is 0 Å². The molecule has 0 bridgehead atoms. The molecule has 1 unspecified atom stereocenters. The highest BCUT2D eigenvalue weighted by Gasteiger charge is 2.26. The van der Waals surface area contributed by atoms with Gasteiger partial charge < -0.3 is 14.7 Å². The standard InChI is InChI=1S/C14H17F2NO3/c15-14(16)20-12-6-2-1-5-11(12)13(19)17-7-3-4-10(8-17)9-18/h1-2,5-6,10,14,18H,3-4,7-9H2. The zero-order valence-electron chi connectivity index (χ0n) is 11.0. The second-order valence-corrected chi connectivity index (χ2v) is 4.82. The summed E-state index contributed by atoms with van der Waals surface area (Å²) in [6.45, 7) is -1.93. The van der Waals surface area contributed by atoms with E-state index in [-0.39, 0.29) is 29.7 Å². The predicted molar refractivity (Wildman–Crippen MR) is 68.8 cm³/mol. The third kappa shape index (κ3) is 3.45. The fourth-order valence-corrected chi connectivity index (χ4v) is 2.41. The van der Waals surface area contributed by atoms with E-state index >= 15 is 0 Å². The van der Waals surface area contributed by atoms with Crippen molar-refractivity contribution in [3.8, 4) is 5.75 Å². The summed E-state index contributed by atoms with van der Waals surface area (Å²) in [6, 6.07) is 5.98. The number of aliphatic hydroxyl groups excluding tert-OH is 1. The summed E-state index contributed by atoms with van der Waals surface area (Å²) >= 11 is 0. The number of piperidine rings is 1. The fraction of sp³-hybridized carbons (Fsp3) is 0.500. The molecule has 1 N–H and O–H groups in total. The molecule has 4 nitrogen and oxygen atoms in total. The number of ether oxygens (including phenoxy) is 1. The number of aliphatic hydroxyl groups is 1. The maximum atomic E-state index is 12.4. The van der Waals surface area contributed by atoms with Crippen LogP contribution in [0.3, 0.4) is 0 Å². The molecular weight excluding hydrogens is 268 g/mol. The second-order valence-electron chi connectivity index (χ2n) is 4.82. The van der Waals surface area contributed by atoms with Gasteiger partial charge in [0.05, 0.1) is 5.56 Å². The molecule has 1 amide bonds. The Balaban J connectivity index is 2.16. The molecule has 1 aliphatic heterocycles. The Bertz CT molecular complexity index is 467. The maximum absolute atomic E-state index is 12.4. The lowest BCUT2D eigenvalue weighted by Gasteiger charge is -2.32. The monoisotopic (exact) mass is 285 g/mol. The van der Waals surface area contributed by atoms with Gasteiger partial charge in [-0.1, -0.05) is 12.1 Å². The van der Waals surface area contributed by atoms with Crippen LogP contribution in [-0.4, -0.2) is 42.2 Å². The number of alkyl halides is 2. The van der Waals surface area contributed by atoms with Crippen LogP contribution in [-0.2, 0) is 0 Å². The number of halogens is 2. The summed E-state index contributed by atoms with van der Waals surface area (Å²) in [6.07, 6.45) is 1.67. The molecule has 1 fully saturated rings. The number of benzene rings is 1. The highest BCUT2D eigenvalue weighted by atomic mass is 19.3. The van der Waals surface area contributed by atoms with E-state index in [1.54, 1.807) is 17.0 Å². The summed E-state index contributed by atoms with van der Waals surface area (Å²) < 4.78 is 29.1. The van der Waals surface area contributed by atoms with E-state index in [1.165, 1.54) is 12.1 Å². The Kier molecular flexibility index (Phi) is 4.89. The summed E-state index contributed by atoms with van der Waals surface area (Å²) in [5.41, 5.74) is 0.131. The number of likely N-dealkylation sites (tertiary alicyclic amines) is 1. The molecule has 0 saturated carbocycles. The van der Waals surface area contributed by atoms with E-state index in [0.29, 0.717) is 13.1 Å². The molecule has 110 valence electrons. The molecule has 1 atom stereocenters. The van der Waals surface area contributed by atoms with Crippen LogP contribution in [0.5, 0.6) is 5.75 Å². The molecule has 0 radical (unpaired) electrons. The smallest absolute Gasteiger partial charge is 0.387 e. The van der Waals surface area contributed by atoms with Gasteiger partial charge in [0.15, 0.2) is 0 Å². The van der Waals surface area contributed by atoms with Crippen LogP contribution in [0.4, 0.5) is 8.78 Å². The molecule has 2 rings (SSSR count). The first kappa shape index (κ1) is 14.7. The van der Waals surface area contributed by atoms with E-state index in [2.05, 4.69) is 4.74 Å². The van der Waals surface area contributed by atoms with E-state index < -0.39 is 6.61 Å². The molecule has 6 heteroatoms. The number of hydrogen-bond acceptors (Lipinski definition) is 3. The predicted octanol–water partition coefficient (Wildman–Crippen LogP) is 2.13. The van der Waals surface area contributed by atoms with Gasteiger partial charge in [0.25, 0.3) is 5.91 Å². The molecule has 1 heterocycles. The van der Waals surface area contributed by atoms with Crippen molar-refractivity contribution in [1.29, 1.82) is 0 Å². The van der Waals surface area contributed by atoms with Gasteiger partial charge in [-0.2, -0.15) is 8.78 Å². The van der Waals surface area contributed by atoms with Crippen molar-refractivity contribution < 1.29 is 23.4 Å². The topological polar surface area (TPSA) is 49.8 Å². The van der Waals surface area contributed by atoms with E-state index in [4.69, 9.17) is 0 Å². The molecule has 20 heavy (non-hydrogen) atoms. The van der Waals surface area contributed by atoms with Crippen LogP contribution in [0.1, 0.15) is 23.2 Å². The lowest BCUT2D eigenvalue weighted by molar-refractivity contribution is -0.0503. The van der Waals surface area contributed by atoms with Gasteiger partial charge in [-0.05, 0) is 30.9 Å². The first-order valence-corrected chi connectivity index (χ1v) is 6.55. The zero-order valence-corrected chi connectivity index (χ0v) is 11.0. The molecule has 1 aromatic carbocycles. The molecule has 1 saturated heterocycles. The first-order valence-electron chi connectivity index (χ1n) is 6.55. The molecule has 1 aromatic rings. The third-order valence-electron chi connectivity index (χ3n) is 3.40. The van der Waals surface area contributed by atoms with Crippen LogP contribution >= 0.6 is 0 Å². The molecule has 0 aromatic heterocycles. The number of carbonyl (C=O) groups is 1. The average Bonchev–Trinajstić information content (AvgIpc) is 2.46. The van der Waals surface area contributed by atoms with Crippen LogP contribution in [0.25, 0.3) is 0 Å². The van der Waals surface area contributed by atoms with Crippen molar-refractivity contribution in [3.63, 3.8) is 0 Å². The van der Waals surface area contributed by atoms with Gasteiger partial charge in [0.1, 0.15) is 5.75 Å². The number of hydrogen-bond donors (Lipinski definition) is 1. The quantitative estimate of drug-likeness (QED) is 0.922. The molecular formula is C14H17F2NO3. The largest absolute Gasteiger partial charge is 0.434 e. The normalized spacial score (nSPS) is 19.2. The van der Waals surface area contributed by atoms with Crippen molar-refractivity contribution in [2.24, 2.45) is 5.92 Å². The minimum atomic E-state index is -2.96. The number of rotatable bonds is 4. The van der Waals surface area contributed by atoms with Gasteiger partial charge in [-0.15, -0.1) is 0 Å². The Morgan fingerprint density at radius 1 is 1.45 bits per heavy atom. The fourth-order valence-electron chi connectivity index (χ4n) is 2.41. The van der Waals surface area contributed by atoms with E-state index in [9.17, 15) is 18.7 Å². The van der Waals surface area contributed by atoms with Crippen molar-refractivity contribution >= 4 is 5.91 Å². The molecule has 1 aliphatic rings. The van der Waals surface area contributed by atoms with E-state index in [1.807, 2.05) is 0 Å². The average molecular weight is 285 g/mol. The number of nitrogens with zero attached hydrogens (tertiary/aromatic N) is 1. The Morgan fingerprint density at radius 2 is 2.20 bits per heavy atom. The maximum Gasteiger partial charge on any atom is 0.387 e. The van der Waals surface area contributed by atoms with Crippen LogP contribution in [0, 0.1) is 5.92 Å². The Hall–Kier alpha value is -1.69. The van der Waals surface area contributed by atoms with Gasteiger partial charge in [-0.25, -0.2) is 0 Å². The first-order chi connectivity index (χ1) is 9.61. The summed E-state index contributed by atoms with van der Waals surface area (Å²) in [5, 5.41) is 9.17. The summed E-state index contributed by atoms with van der Waals surface area (Å²) in [4.78, 5) is 14.0. The minimum Gasteiger partial charge on any atom is -0.434 e. The van der Waals surface area contributed by atoms with Gasteiger partial charge in [0, 0.05) is 19.7 Å². The van der Waals surface area contributed by atoms with Crippen molar-refractivity contribution in [1.82, 2.24) is 4.90 Å². The van der Waals surface area contributed by atoms with Gasteiger partial charge in [-0.3, -0.25) is 4.79 Å². The van der Waals surface area contributed by atoms with Crippen LogP contribution in [0.15, 0.2) is 24.3 Å². The van der Waals surface area contributed by atoms with Crippen LogP contribution in [0.2, 0.25) is 0 Å². The summed E-state index contributed by atoms with van der Waals surface area (Å²) in [5.74, 6) is -0.395. The number of amides is 1. The number of para-hydroxylation sites is 1. The van der Waals surface area contributed by atoms with Crippen molar-refractivity contribution in [2.45, 2.75) is 19.5 Å². The molecule has 0 spiro atoms. The molecule has 0 aliphatic carbocycles. The third-order valence-corrected chi connectivity index (χ3v) is 3.40.